The third kappa shape index (κ3) is 3.17. The molecule has 1 amide bonds. The van der Waals surface area contributed by atoms with Crippen molar-refractivity contribution in [3.63, 3.8) is 0 Å². The molecule has 7 nitrogen and oxygen atoms in total. The maximum atomic E-state index is 11.0. The van der Waals surface area contributed by atoms with Crippen LogP contribution in [0.1, 0.15) is 5.76 Å². The Hall–Kier alpha value is -2.61. The molecular weight excluding hydrogens is 302 g/mol. The molecule has 3 heterocycles. The van der Waals surface area contributed by atoms with Crippen LogP contribution >= 0.6 is 11.8 Å². The van der Waals surface area contributed by atoms with Crippen LogP contribution in [0.4, 0.5) is 0 Å². The molecule has 8 heteroatoms. The first-order valence-electron chi connectivity index (χ1n) is 6.51. The van der Waals surface area contributed by atoms with Gasteiger partial charge >= 0.3 is 0 Å². The normalized spacial score (nSPS) is 10.7. The van der Waals surface area contributed by atoms with Crippen LogP contribution in [0.3, 0.4) is 0 Å². The summed E-state index contributed by atoms with van der Waals surface area (Å²) >= 11 is 1.25. The molecule has 0 radical (unpaired) electrons. The zero-order chi connectivity index (χ0) is 15.4. The summed E-state index contributed by atoms with van der Waals surface area (Å²) in [6, 6.07) is 7.40. The van der Waals surface area contributed by atoms with Gasteiger partial charge in [-0.05, 0) is 24.3 Å². The van der Waals surface area contributed by atoms with E-state index in [1.165, 1.54) is 11.8 Å². The number of amides is 1. The summed E-state index contributed by atoms with van der Waals surface area (Å²) in [5, 5.41) is 8.98. The number of carbonyl (C=O) groups is 1. The van der Waals surface area contributed by atoms with Gasteiger partial charge in [-0.2, -0.15) is 0 Å². The minimum absolute atomic E-state index is 0.145. The molecular formula is C14H13N5O2S. The fraction of sp³-hybridized carbons (Fsp3) is 0.143. The molecule has 0 aliphatic carbocycles. The van der Waals surface area contributed by atoms with E-state index in [4.69, 9.17) is 10.2 Å². The molecule has 0 atom stereocenters. The molecule has 0 aromatic carbocycles. The fourth-order valence-electron chi connectivity index (χ4n) is 1.95. The van der Waals surface area contributed by atoms with Gasteiger partial charge in [0.2, 0.25) is 5.91 Å². The molecule has 0 bridgehead atoms. The fourth-order valence-corrected chi connectivity index (χ4v) is 2.62. The number of nitrogens with two attached hydrogens (primary N) is 1. The number of rotatable bonds is 6. The molecule has 112 valence electrons. The smallest absolute Gasteiger partial charge is 0.227 e. The molecule has 0 aliphatic heterocycles. The van der Waals surface area contributed by atoms with Gasteiger partial charge in [0.25, 0.3) is 0 Å². The summed E-state index contributed by atoms with van der Waals surface area (Å²) in [5.74, 6) is 1.21. The topological polar surface area (TPSA) is 99.8 Å². The van der Waals surface area contributed by atoms with Crippen LogP contribution < -0.4 is 5.73 Å². The van der Waals surface area contributed by atoms with Crippen LogP contribution in [-0.2, 0) is 11.3 Å². The molecule has 0 spiro atoms. The van der Waals surface area contributed by atoms with Crippen molar-refractivity contribution in [3.05, 3.63) is 48.7 Å². The summed E-state index contributed by atoms with van der Waals surface area (Å²) in [5.41, 5.74) is 6.09. The van der Waals surface area contributed by atoms with Gasteiger partial charge in [-0.25, -0.2) is 0 Å². The zero-order valence-electron chi connectivity index (χ0n) is 11.5. The van der Waals surface area contributed by atoms with Gasteiger partial charge in [-0.1, -0.05) is 11.8 Å². The first-order chi connectivity index (χ1) is 10.7. The number of thioether (sulfide) groups is 1. The lowest BCUT2D eigenvalue weighted by atomic mass is 10.2. The number of nitrogens with zero attached hydrogens (tertiary/aromatic N) is 4. The van der Waals surface area contributed by atoms with Crippen molar-refractivity contribution in [2.24, 2.45) is 5.73 Å². The van der Waals surface area contributed by atoms with E-state index in [0.29, 0.717) is 17.5 Å². The lowest BCUT2D eigenvalue weighted by molar-refractivity contribution is -0.115. The summed E-state index contributed by atoms with van der Waals surface area (Å²) in [6.07, 6.45) is 5.00. The van der Waals surface area contributed by atoms with Gasteiger partial charge < -0.3 is 10.2 Å². The van der Waals surface area contributed by atoms with Crippen molar-refractivity contribution in [1.29, 1.82) is 0 Å². The van der Waals surface area contributed by atoms with Crippen molar-refractivity contribution in [2.45, 2.75) is 11.7 Å². The summed E-state index contributed by atoms with van der Waals surface area (Å²) < 4.78 is 7.28. The number of carbonyl (C=O) groups excluding carboxylic acids is 1. The van der Waals surface area contributed by atoms with Crippen LogP contribution in [0.25, 0.3) is 11.4 Å². The first kappa shape index (κ1) is 14.3. The highest BCUT2D eigenvalue weighted by molar-refractivity contribution is 7.99. The van der Waals surface area contributed by atoms with Gasteiger partial charge in [-0.3, -0.25) is 14.3 Å². The predicted molar refractivity (Wildman–Crippen MR) is 81.0 cm³/mol. The van der Waals surface area contributed by atoms with Crippen LogP contribution in [0.2, 0.25) is 0 Å². The van der Waals surface area contributed by atoms with Crippen molar-refractivity contribution >= 4 is 17.7 Å². The lowest BCUT2D eigenvalue weighted by Gasteiger charge is -2.08. The van der Waals surface area contributed by atoms with E-state index < -0.39 is 5.91 Å². The third-order valence-corrected chi connectivity index (χ3v) is 3.88. The summed E-state index contributed by atoms with van der Waals surface area (Å²) in [4.78, 5) is 15.0. The maximum Gasteiger partial charge on any atom is 0.227 e. The van der Waals surface area contributed by atoms with Gasteiger partial charge in [0.1, 0.15) is 5.76 Å². The highest BCUT2D eigenvalue weighted by Gasteiger charge is 2.16. The highest BCUT2D eigenvalue weighted by Crippen LogP contribution is 2.24. The van der Waals surface area contributed by atoms with Crippen molar-refractivity contribution in [1.82, 2.24) is 19.7 Å². The minimum Gasteiger partial charge on any atom is -0.467 e. The monoisotopic (exact) mass is 315 g/mol. The summed E-state index contributed by atoms with van der Waals surface area (Å²) in [6.45, 7) is 0.471. The maximum absolute atomic E-state index is 11.0. The third-order valence-electron chi connectivity index (χ3n) is 2.89. The average molecular weight is 315 g/mol. The van der Waals surface area contributed by atoms with Crippen molar-refractivity contribution < 1.29 is 9.21 Å². The van der Waals surface area contributed by atoms with Crippen LogP contribution in [-0.4, -0.2) is 31.4 Å². The number of hydrogen-bond donors (Lipinski definition) is 1. The van der Waals surface area contributed by atoms with E-state index >= 15 is 0 Å². The van der Waals surface area contributed by atoms with Gasteiger partial charge in [0.05, 0.1) is 18.6 Å². The second-order valence-electron chi connectivity index (χ2n) is 4.46. The molecule has 0 fully saturated rings. The van der Waals surface area contributed by atoms with E-state index in [0.717, 1.165) is 11.3 Å². The number of furan rings is 1. The molecule has 3 rings (SSSR count). The van der Waals surface area contributed by atoms with Gasteiger partial charge in [0, 0.05) is 18.0 Å². The standard InChI is InChI=1S/C14H13N5O2S/c15-12(20)9-22-14-18-17-13(10-3-5-16-6-4-10)19(14)8-11-2-1-7-21-11/h1-7H,8-9H2,(H2,15,20). The Labute approximate surface area is 130 Å². The second kappa shape index (κ2) is 6.44. The number of primary amides is 1. The molecule has 0 unspecified atom stereocenters. The largest absolute Gasteiger partial charge is 0.467 e. The lowest BCUT2D eigenvalue weighted by Crippen LogP contribution is -2.14. The van der Waals surface area contributed by atoms with Crippen molar-refractivity contribution in [2.75, 3.05) is 5.75 Å². The molecule has 3 aromatic heterocycles. The van der Waals surface area contributed by atoms with E-state index in [2.05, 4.69) is 15.2 Å². The van der Waals surface area contributed by atoms with E-state index in [1.807, 2.05) is 28.8 Å². The Kier molecular flexibility index (Phi) is 4.19. The SMILES string of the molecule is NC(=O)CSc1nnc(-c2ccncc2)n1Cc1ccco1. The van der Waals surface area contributed by atoms with E-state index in [-0.39, 0.29) is 5.75 Å². The van der Waals surface area contributed by atoms with E-state index in [1.54, 1.807) is 18.7 Å². The second-order valence-corrected chi connectivity index (χ2v) is 5.41. The minimum atomic E-state index is -0.400. The van der Waals surface area contributed by atoms with Gasteiger partial charge in [0.15, 0.2) is 11.0 Å². The van der Waals surface area contributed by atoms with Gasteiger partial charge in [-0.15, -0.1) is 10.2 Å². The van der Waals surface area contributed by atoms with E-state index in [9.17, 15) is 4.79 Å². The highest BCUT2D eigenvalue weighted by atomic mass is 32.2. The Morgan fingerprint density at radius 1 is 1.27 bits per heavy atom. The van der Waals surface area contributed by atoms with Crippen molar-refractivity contribution in [3.8, 4) is 11.4 Å². The van der Waals surface area contributed by atoms with Crippen LogP contribution in [0.5, 0.6) is 0 Å². The number of aromatic nitrogens is 4. The summed E-state index contributed by atoms with van der Waals surface area (Å²) in [7, 11) is 0. The molecule has 0 aliphatic rings. The Morgan fingerprint density at radius 2 is 2.09 bits per heavy atom. The molecule has 2 N–H and O–H groups in total. The molecule has 0 saturated carbocycles. The molecule has 22 heavy (non-hydrogen) atoms. The average Bonchev–Trinajstić information content (AvgIpc) is 3.16. The zero-order valence-corrected chi connectivity index (χ0v) is 12.4. The Morgan fingerprint density at radius 3 is 2.77 bits per heavy atom. The molecule has 3 aromatic rings. The van der Waals surface area contributed by atoms with Crippen LogP contribution in [0, 0.1) is 0 Å². The van der Waals surface area contributed by atoms with Crippen LogP contribution in [0.15, 0.2) is 52.5 Å². The Bertz CT molecular complexity index is 755. The predicted octanol–water partition coefficient (Wildman–Crippen LogP) is 1.56. The molecule has 0 saturated heterocycles. The Balaban J connectivity index is 1.97. The quantitative estimate of drug-likeness (QED) is 0.693. The number of pyridine rings is 1. The first-order valence-corrected chi connectivity index (χ1v) is 7.49. The number of hydrogen-bond acceptors (Lipinski definition) is 6.